The summed E-state index contributed by atoms with van der Waals surface area (Å²) in [4.78, 5) is 10.5. The molecule has 1 fully saturated rings. The van der Waals surface area contributed by atoms with Crippen LogP contribution in [0.4, 0.5) is 0 Å². The SMILES string of the molecule is O=C(O)[C@H]1CCCNCC1. The molecule has 0 saturated carbocycles. The largest absolute Gasteiger partial charge is 0.481 e. The Bertz CT molecular complexity index is 117. The molecular formula is C7H13NO2. The van der Waals surface area contributed by atoms with Crippen LogP contribution in [0.5, 0.6) is 0 Å². The van der Waals surface area contributed by atoms with E-state index in [1.165, 1.54) is 0 Å². The van der Waals surface area contributed by atoms with Crippen molar-refractivity contribution >= 4 is 5.97 Å². The quantitative estimate of drug-likeness (QED) is 0.560. The molecule has 0 aromatic heterocycles. The lowest BCUT2D eigenvalue weighted by atomic mass is 10.0. The Morgan fingerprint density at radius 2 is 2.20 bits per heavy atom. The smallest absolute Gasteiger partial charge is 0.306 e. The molecule has 0 unspecified atom stereocenters. The number of hydrogen-bond donors (Lipinski definition) is 2. The van der Waals surface area contributed by atoms with Gasteiger partial charge in [0.2, 0.25) is 0 Å². The number of aliphatic carboxylic acids is 1. The highest BCUT2D eigenvalue weighted by Gasteiger charge is 2.17. The van der Waals surface area contributed by atoms with E-state index in [9.17, 15) is 4.79 Å². The molecule has 0 radical (unpaired) electrons. The van der Waals surface area contributed by atoms with Gasteiger partial charge in [-0.15, -0.1) is 0 Å². The maximum atomic E-state index is 10.5. The summed E-state index contributed by atoms with van der Waals surface area (Å²) < 4.78 is 0. The molecule has 1 saturated heterocycles. The van der Waals surface area contributed by atoms with Crippen LogP contribution in [0.1, 0.15) is 19.3 Å². The fraction of sp³-hybridized carbons (Fsp3) is 0.857. The molecule has 0 aliphatic carbocycles. The summed E-state index contributed by atoms with van der Waals surface area (Å²) in [7, 11) is 0. The number of carboxylic acid groups (broad SMARTS) is 1. The van der Waals surface area contributed by atoms with E-state index in [1.54, 1.807) is 0 Å². The van der Waals surface area contributed by atoms with Gasteiger partial charge < -0.3 is 10.4 Å². The van der Waals surface area contributed by atoms with E-state index in [0.29, 0.717) is 0 Å². The topological polar surface area (TPSA) is 49.3 Å². The van der Waals surface area contributed by atoms with Crippen LogP contribution in [0.25, 0.3) is 0 Å². The fourth-order valence-corrected chi connectivity index (χ4v) is 1.27. The van der Waals surface area contributed by atoms with Crippen molar-refractivity contribution in [2.24, 2.45) is 5.92 Å². The van der Waals surface area contributed by atoms with Crippen LogP contribution in [-0.4, -0.2) is 24.2 Å². The Kier molecular flexibility index (Phi) is 2.68. The molecule has 58 valence electrons. The first kappa shape index (κ1) is 7.54. The van der Waals surface area contributed by atoms with E-state index >= 15 is 0 Å². The summed E-state index contributed by atoms with van der Waals surface area (Å²) in [5.74, 6) is -0.737. The molecule has 0 amide bonds. The zero-order chi connectivity index (χ0) is 7.40. The highest BCUT2D eigenvalue weighted by Crippen LogP contribution is 2.12. The molecule has 2 N–H and O–H groups in total. The summed E-state index contributed by atoms with van der Waals surface area (Å²) in [6.45, 7) is 1.83. The van der Waals surface area contributed by atoms with Gasteiger partial charge in [-0.2, -0.15) is 0 Å². The predicted octanol–water partition coefficient (Wildman–Crippen LogP) is 0.461. The minimum absolute atomic E-state index is 0.102. The molecule has 3 nitrogen and oxygen atoms in total. The van der Waals surface area contributed by atoms with Gasteiger partial charge in [-0.05, 0) is 32.4 Å². The molecule has 1 rings (SSSR count). The van der Waals surface area contributed by atoms with Crippen LogP contribution in [0.15, 0.2) is 0 Å². The van der Waals surface area contributed by atoms with Crippen molar-refractivity contribution in [2.75, 3.05) is 13.1 Å². The lowest BCUT2D eigenvalue weighted by molar-refractivity contribution is -0.142. The van der Waals surface area contributed by atoms with E-state index in [1.807, 2.05) is 0 Å². The third-order valence-electron chi connectivity index (χ3n) is 1.92. The number of nitrogens with one attached hydrogen (secondary N) is 1. The van der Waals surface area contributed by atoms with Crippen molar-refractivity contribution in [3.05, 3.63) is 0 Å². The molecule has 0 bridgehead atoms. The van der Waals surface area contributed by atoms with Gasteiger partial charge in [0, 0.05) is 0 Å². The average Bonchev–Trinajstić information content (AvgIpc) is 2.12. The molecule has 1 aliphatic heterocycles. The van der Waals surface area contributed by atoms with Crippen molar-refractivity contribution in [1.29, 1.82) is 0 Å². The lowest BCUT2D eigenvalue weighted by Crippen LogP contribution is -2.17. The molecule has 0 spiro atoms. The predicted molar refractivity (Wildman–Crippen MR) is 37.8 cm³/mol. The molecule has 1 atom stereocenters. The van der Waals surface area contributed by atoms with E-state index in [-0.39, 0.29) is 5.92 Å². The second-order valence-corrected chi connectivity index (χ2v) is 2.72. The summed E-state index contributed by atoms with van der Waals surface area (Å²) >= 11 is 0. The summed E-state index contributed by atoms with van der Waals surface area (Å²) in [5.41, 5.74) is 0. The highest BCUT2D eigenvalue weighted by molar-refractivity contribution is 5.69. The Hall–Kier alpha value is -0.570. The maximum Gasteiger partial charge on any atom is 0.306 e. The van der Waals surface area contributed by atoms with E-state index in [2.05, 4.69) is 5.32 Å². The molecule has 0 aromatic carbocycles. The second kappa shape index (κ2) is 3.56. The van der Waals surface area contributed by atoms with Crippen LogP contribution < -0.4 is 5.32 Å². The lowest BCUT2D eigenvalue weighted by Gasteiger charge is -2.05. The van der Waals surface area contributed by atoms with Gasteiger partial charge in [0.05, 0.1) is 5.92 Å². The first-order valence-corrected chi connectivity index (χ1v) is 3.74. The Labute approximate surface area is 60.4 Å². The molecule has 0 aromatic rings. The first-order valence-electron chi connectivity index (χ1n) is 3.74. The molecule has 1 heterocycles. The fourth-order valence-electron chi connectivity index (χ4n) is 1.27. The number of carboxylic acids is 1. The van der Waals surface area contributed by atoms with Crippen molar-refractivity contribution in [1.82, 2.24) is 5.32 Å². The Morgan fingerprint density at radius 1 is 1.40 bits per heavy atom. The highest BCUT2D eigenvalue weighted by atomic mass is 16.4. The maximum absolute atomic E-state index is 10.5. The van der Waals surface area contributed by atoms with Crippen molar-refractivity contribution in [3.8, 4) is 0 Å². The van der Waals surface area contributed by atoms with E-state index < -0.39 is 5.97 Å². The zero-order valence-corrected chi connectivity index (χ0v) is 5.97. The third-order valence-corrected chi connectivity index (χ3v) is 1.92. The molecule has 3 heteroatoms. The van der Waals surface area contributed by atoms with Crippen LogP contribution in [0, 0.1) is 5.92 Å². The summed E-state index contributed by atoms with van der Waals surface area (Å²) in [5, 5.41) is 11.8. The van der Waals surface area contributed by atoms with E-state index in [0.717, 1.165) is 32.4 Å². The number of hydrogen-bond acceptors (Lipinski definition) is 2. The van der Waals surface area contributed by atoms with Crippen LogP contribution in [0.2, 0.25) is 0 Å². The van der Waals surface area contributed by atoms with Gasteiger partial charge in [0.1, 0.15) is 0 Å². The van der Waals surface area contributed by atoms with Gasteiger partial charge >= 0.3 is 5.97 Å². The number of rotatable bonds is 1. The van der Waals surface area contributed by atoms with Crippen LogP contribution in [-0.2, 0) is 4.79 Å². The van der Waals surface area contributed by atoms with Crippen molar-refractivity contribution in [2.45, 2.75) is 19.3 Å². The molecule has 1 aliphatic rings. The van der Waals surface area contributed by atoms with Gasteiger partial charge in [0.25, 0.3) is 0 Å². The Morgan fingerprint density at radius 3 is 2.90 bits per heavy atom. The number of carbonyl (C=O) groups is 1. The average molecular weight is 143 g/mol. The monoisotopic (exact) mass is 143 g/mol. The normalized spacial score (nSPS) is 27.4. The van der Waals surface area contributed by atoms with Gasteiger partial charge in [-0.1, -0.05) is 0 Å². The van der Waals surface area contributed by atoms with Gasteiger partial charge in [-0.3, -0.25) is 4.79 Å². The van der Waals surface area contributed by atoms with Crippen LogP contribution >= 0.6 is 0 Å². The standard InChI is InChI=1S/C7H13NO2/c9-7(10)6-2-1-4-8-5-3-6/h6,8H,1-5H2,(H,9,10)/t6-/m0/s1. The minimum Gasteiger partial charge on any atom is -0.481 e. The first-order chi connectivity index (χ1) is 4.80. The zero-order valence-electron chi connectivity index (χ0n) is 5.97. The summed E-state index contributed by atoms with van der Waals surface area (Å²) in [6, 6.07) is 0. The van der Waals surface area contributed by atoms with Crippen molar-refractivity contribution in [3.63, 3.8) is 0 Å². The minimum atomic E-state index is -0.635. The molecule has 10 heavy (non-hydrogen) atoms. The van der Waals surface area contributed by atoms with Crippen molar-refractivity contribution < 1.29 is 9.90 Å². The summed E-state index contributed by atoms with van der Waals surface area (Å²) in [6.07, 6.45) is 2.62. The van der Waals surface area contributed by atoms with Gasteiger partial charge in [-0.25, -0.2) is 0 Å². The second-order valence-electron chi connectivity index (χ2n) is 2.72. The third kappa shape index (κ3) is 1.99. The van der Waals surface area contributed by atoms with Gasteiger partial charge in [0.15, 0.2) is 0 Å². The van der Waals surface area contributed by atoms with Crippen LogP contribution in [0.3, 0.4) is 0 Å². The molecular weight excluding hydrogens is 130 g/mol. The Balaban J connectivity index is 2.35. The van der Waals surface area contributed by atoms with E-state index in [4.69, 9.17) is 5.11 Å².